The van der Waals surface area contributed by atoms with Crippen molar-refractivity contribution < 1.29 is 23.5 Å². The number of hydrogen-bond donors (Lipinski definition) is 1. The highest BCUT2D eigenvalue weighted by Crippen LogP contribution is 2.45. The molecule has 1 aromatic carbocycles. The predicted octanol–water partition coefficient (Wildman–Crippen LogP) is 3.98. The highest BCUT2D eigenvalue weighted by Gasteiger charge is 2.48. The summed E-state index contributed by atoms with van der Waals surface area (Å²) in [7, 11) is 0. The molecule has 2 aromatic rings. The molecule has 2 amide bonds. The lowest BCUT2D eigenvalue weighted by Crippen LogP contribution is -2.61. The number of ketones is 1. The van der Waals surface area contributed by atoms with Crippen molar-refractivity contribution in [3.8, 4) is 11.6 Å². The van der Waals surface area contributed by atoms with E-state index < -0.39 is 11.7 Å². The number of rotatable bonds is 8. The third-order valence-corrected chi connectivity index (χ3v) is 10.3. The quantitative estimate of drug-likeness (QED) is 0.437. The minimum Gasteiger partial charge on any atom is -0.434 e. The van der Waals surface area contributed by atoms with E-state index >= 15 is 0 Å². The third kappa shape index (κ3) is 6.39. The molecule has 242 valence electrons. The van der Waals surface area contributed by atoms with Gasteiger partial charge in [-0.25, -0.2) is 9.37 Å². The van der Waals surface area contributed by atoms with Gasteiger partial charge < -0.3 is 24.8 Å². The molecule has 1 aliphatic carbocycles. The van der Waals surface area contributed by atoms with Crippen LogP contribution in [0.5, 0.6) is 11.6 Å². The highest BCUT2D eigenvalue weighted by molar-refractivity contribution is 6.38. The Morgan fingerprint density at radius 3 is 2.40 bits per heavy atom. The molecule has 1 N–H and O–H groups in total. The first-order chi connectivity index (χ1) is 21.5. The maximum Gasteiger partial charge on any atom is 0.287 e. The number of carbonyl (C=O) groups is 3. The monoisotopic (exact) mass is 621 g/mol. The van der Waals surface area contributed by atoms with E-state index in [2.05, 4.69) is 30.3 Å². The van der Waals surface area contributed by atoms with Gasteiger partial charge in [0.05, 0.1) is 5.56 Å². The van der Waals surface area contributed by atoms with E-state index in [0.29, 0.717) is 18.2 Å². The summed E-state index contributed by atoms with van der Waals surface area (Å²) in [6.45, 7) is 12.5. The summed E-state index contributed by atoms with van der Waals surface area (Å²) in [5.41, 5.74) is 0.0486. The first kappa shape index (κ1) is 31.3. The van der Waals surface area contributed by atoms with Crippen molar-refractivity contribution in [2.45, 2.75) is 90.3 Å². The number of nitrogens with one attached hydrogen (secondary N) is 1. The normalized spacial score (nSPS) is 24.8. The van der Waals surface area contributed by atoms with Gasteiger partial charge in [-0.3, -0.25) is 14.4 Å². The number of hydrogen-bond acceptors (Lipinski definition) is 9. The van der Waals surface area contributed by atoms with Crippen LogP contribution in [0.4, 0.5) is 10.2 Å². The van der Waals surface area contributed by atoms with Crippen molar-refractivity contribution in [2.75, 3.05) is 37.6 Å². The second-order valence-electron chi connectivity index (χ2n) is 14.2. The van der Waals surface area contributed by atoms with Gasteiger partial charge in [0.15, 0.2) is 5.82 Å². The summed E-state index contributed by atoms with van der Waals surface area (Å²) in [6.07, 6.45) is 7.80. The van der Waals surface area contributed by atoms with Crippen molar-refractivity contribution in [3.63, 3.8) is 0 Å². The third-order valence-electron chi connectivity index (χ3n) is 10.3. The van der Waals surface area contributed by atoms with Crippen LogP contribution in [0, 0.1) is 17.2 Å². The average molecular weight is 622 g/mol. The molecule has 1 aromatic heterocycles. The van der Waals surface area contributed by atoms with Crippen LogP contribution in [-0.2, 0) is 9.59 Å². The molecular weight excluding hydrogens is 577 g/mol. The topological polar surface area (TPSA) is 121 Å². The molecule has 2 spiro atoms. The number of benzene rings is 1. The molecule has 0 radical (unpaired) electrons. The zero-order chi connectivity index (χ0) is 31.9. The van der Waals surface area contributed by atoms with Gasteiger partial charge in [0, 0.05) is 49.1 Å². The minimum atomic E-state index is -0.516. The molecule has 0 bridgehead atoms. The van der Waals surface area contributed by atoms with Crippen molar-refractivity contribution in [2.24, 2.45) is 11.3 Å². The molecule has 4 heterocycles. The van der Waals surface area contributed by atoms with E-state index in [0.717, 1.165) is 71.2 Å². The average Bonchev–Trinajstić information content (AvgIpc) is 3.26. The zero-order valence-corrected chi connectivity index (χ0v) is 26.7. The Morgan fingerprint density at radius 1 is 1.09 bits per heavy atom. The number of halogens is 1. The van der Waals surface area contributed by atoms with Crippen LogP contribution in [0.1, 0.15) is 83.0 Å². The lowest BCUT2D eigenvalue weighted by Gasteiger charge is -2.54. The molecule has 4 fully saturated rings. The summed E-state index contributed by atoms with van der Waals surface area (Å²) in [5, 5.41) is 11.1. The molecule has 3 saturated heterocycles. The molecule has 0 unspecified atom stereocenters. The Kier molecular flexibility index (Phi) is 8.53. The number of likely N-dealkylation sites (tertiary alicyclic amines) is 1. The van der Waals surface area contributed by atoms with Gasteiger partial charge in [-0.05, 0) is 103 Å². The van der Waals surface area contributed by atoms with E-state index in [1.165, 1.54) is 24.5 Å². The van der Waals surface area contributed by atoms with Gasteiger partial charge in [-0.2, -0.15) is 0 Å². The van der Waals surface area contributed by atoms with E-state index in [-0.39, 0.29) is 51.9 Å². The Labute approximate surface area is 263 Å². The van der Waals surface area contributed by atoms with E-state index in [9.17, 15) is 18.8 Å². The number of nitrogens with zero attached hydrogens (tertiary/aromatic N) is 6. The van der Waals surface area contributed by atoms with Crippen molar-refractivity contribution >= 4 is 23.4 Å². The van der Waals surface area contributed by atoms with Gasteiger partial charge in [0.2, 0.25) is 5.78 Å². The van der Waals surface area contributed by atoms with Crippen LogP contribution in [0.3, 0.4) is 0 Å². The molecule has 0 atom stereocenters. The van der Waals surface area contributed by atoms with E-state index in [1.54, 1.807) is 4.90 Å². The zero-order valence-electron chi connectivity index (χ0n) is 26.7. The standard InChI is InChI=1S/C33H44FN7O4/c1-21(2)41(22(3)4)31(44)25-15-24(34)5-6-27(25)45-30-28(35-20-36-38-30)40-18-32(19-40)11-13-39(14-12-32)17-23-7-9-33(10-8-23)16-26(42)29(43)37-33/h5-6,15,20-23H,7-14,16-19H2,1-4H3,(H,37,43). The number of piperidine rings is 1. The second kappa shape index (κ2) is 12.3. The Hall–Kier alpha value is -3.67. The van der Waals surface area contributed by atoms with Crippen LogP contribution in [0.2, 0.25) is 0 Å². The molecule has 6 rings (SSSR count). The first-order valence-corrected chi connectivity index (χ1v) is 16.3. The largest absolute Gasteiger partial charge is 0.434 e. The maximum absolute atomic E-state index is 14.3. The van der Waals surface area contributed by atoms with Crippen molar-refractivity contribution in [1.82, 2.24) is 30.3 Å². The van der Waals surface area contributed by atoms with Gasteiger partial charge >= 0.3 is 0 Å². The van der Waals surface area contributed by atoms with Gasteiger partial charge in [0.1, 0.15) is 17.9 Å². The number of aromatic nitrogens is 3. The fourth-order valence-electron chi connectivity index (χ4n) is 7.87. The lowest BCUT2D eigenvalue weighted by atomic mass is 9.71. The van der Waals surface area contributed by atoms with Crippen molar-refractivity contribution in [1.29, 1.82) is 0 Å². The van der Waals surface area contributed by atoms with Crippen molar-refractivity contribution in [3.05, 3.63) is 35.9 Å². The van der Waals surface area contributed by atoms with Crippen LogP contribution >= 0.6 is 0 Å². The summed E-state index contributed by atoms with van der Waals surface area (Å²) in [6, 6.07) is 3.80. The Bertz CT molecular complexity index is 1420. The van der Waals surface area contributed by atoms with Gasteiger partial charge in [-0.15, -0.1) is 10.2 Å². The minimum absolute atomic E-state index is 0.0750. The first-order valence-electron chi connectivity index (χ1n) is 16.3. The predicted molar refractivity (Wildman–Crippen MR) is 166 cm³/mol. The molecular formula is C33H44FN7O4. The fourth-order valence-corrected chi connectivity index (χ4v) is 7.87. The number of Topliss-reactive ketones (excluding diaryl/α,β-unsaturated/α-hetero) is 1. The SMILES string of the molecule is CC(C)N(C(=O)c1cc(F)ccc1Oc1nncnc1N1CC2(CCN(CC3CCC4(CC3)CC(=O)C(=O)N4)CC2)C1)C(C)C. The summed E-state index contributed by atoms with van der Waals surface area (Å²) in [5.74, 6) is 0.0777. The Morgan fingerprint density at radius 2 is 1.78 bits per heavy atom. The van der Waals surface area contributed by atoms with Crippen LogP contribution in [0.15, 0.2) is 24.5 Å². The molecule has 1 saturated carbocycles. The van der Waals surface area contributed by atoms with Crippen LogP contribution < -0.4 is 15.0 Å². The molecule has 45 heavy (non-hydrogen) atoms. The van der Waals surface area contributed by atoms with Crippen LogP contribution in [-0.4, -0.2) is 92.9 Å². The maximum atomic E-state index is 14.3. The highest BCUT2D eigenvalue weighted by atomic mass is 19.1. The summed E-state index contributed by atoms with van der Waals surface area (Å²) >= 11 is 0. The number of ether oxygens (including phenoxy) is 1. The van der Waals surface area contributed by atoms with Gasteiger partial charge in [-0.1, -0.05) is 0 Å². The number of amides is 2. The number of carbonyl (C=O) groups excluding carboxylic acids is 3. The summed E-state index contributed by atoms with van der Waals surface area (Å²) in [4.78, 5) is 48.0. The smallest absolute Gasteiger partial charge is 0.287 e. The molecule has 11 nitrogen and oxygen atoms in total. The fraction of sp³-hybridized carbons (Fsp3) is 0.636. The van der Waals surface area contributed by atoms with Crippen LogP contribution in [0.25, 0.3) is 0 Å². The van der Waals surface area contributed by atoms with Gasteiger partial charge in [0.25, 0.3) is 17.7 Å². The Balaban J connectivity index is 1.05. The molecule has 3 aliphatic heterocycles. The molecule has 12 heteroatoms. The second-order valence-corrected chi connectivity index (χ2v) is 14.2. The van der Waals surface area contributed by atoms with E-state index in [4.69, 9.17) is 4.74 Å². The van der Waals surface area contributed by atoms with E-state index in [1.807, 2.05) is 27.7 Å². The number of anilines is 1. The molecule has 4 aliphatic rings. The summed E-state index contributed by atoms with van der Waals surface area (Å²) < 4.78 is 20.5. The lowest BCUT2D eigenvalue weighted by molar-refractivity contribution is -0.135.